The number of urea groups is 1. The van der Waals surface area contributed by atoms with Gasteiger partial charge in [0, 0.05) is 23.3 Å². The molecule has 6 nitrogen and oxygen atoms in total. The zero-order valence-electron chi connectivity index (χ0n) is 14.1. The van der Waals surface area contributed by atoms with Gasteiger partial charge >= 0.3 is 6.03 Å². The average molecular weight is 364 g/mol. The molecule has 1 atom stereocenters. The summed E-state index contributed by atoms with van der Waals surface area (Å²) in [7, 11) is 0. The Hall–Kier alpha value is -3.06. The van der Waals surface area contributed by atoms with Crippen molar-refractivity contribution in [1.82, 2.24) is 14.9 Å². The van der Waals surface area contributed by atoms with Crippen molar-refractivity contribution in [2.24, 2.45) is 0 Å². The third-order valence-electron chi connectivity index (χ3n) is 4.38. The van der Waals surface area contributed by atoms with E-state index >= 15 is 0 Å². The fraction of sp³-hybridized carbons (Fsp3) is 0.158. The van der Waals surface area contributed by atoms with E-state index in [2.05, 4.69) is 9.97 Å². The Morgan fingerprint density at radius 2 is 1.92 bits per heavy atom. The standard InChI is InChI=1S/C19H16N4O2S/c1-13(14-6-3-2-4-7-14)22-11-17(24)23(19(22)25)18-21-16(12-26-18)15-8-5-9-20-10-15/h2-10,12-13H,11H2,1H3/t13-/m0/s1. The number of aromatic nitrogens is 2. The maximum absolute atomic E-state index is 12.9. The number of thiazole rings is 1. The molecule has 7 heteroatoms. The quantitative estimate of drug-likeness (QED) is 0.662. The van der Waals surface area contributed by atoms with Gasteiger partial charge in [0.05, 0.1) is 11.7 Å². The van der Waals surface area contributed by atoms with E-state index in [1.54, 1.807) is 17.3 Å². The lowest BCUT2D eigenvalue weighted by molar-refractivity contribution is -0.116. The predicted octanol–water partition coefficient (Wildman–Crippen LogP) is 3.73. The van der Waals surface area contributed by atoms with E-state index in [1.165, 1.54) is 16.2 Å². The van der Waals surface area contributed by atoms with Crippen molar-refractivity contribution in [3.63, 3.8) is 0 Å². The Kier molecular flexibility index (Phi) is 4.22. The molecule has 2 aromatic heterocycles. The van der Waals surface area contributed by atoms with Crippen LogP contribution in [0.1, 0.15) is 18.5 Å². The summed E-state index contributed by atoms with van der Waals surface area (Å²) in [6.07, 6.45) is 3.39. The van der Waals surface area contributed by atoms with Crippen LogP contribution < -0.4 is 4.90 Å². The topological polar surface area (TPSA) is 66.4 Å². The first-order valence-corrected chi connectivity index (χ1v) is 9.07. The summed E-state index contributed by atoms with van der Waals surface area (Å²) in [5.41, 5.74) is 2.54. The smallest absolute Gasteiger partial charge is 0.308 e. The molecule has 1 aromatic carbocycles. The van der Waals surface area contributed by atoms with Crippen LogP contribution in [0.5, 0.6) is 0 Å². The molecule has 3 amide bonds. The fourth-order valence-corrected chi connectivity index (χ4v) is 3.78. The number of hydrogen-bond acceptors (Lipinski definition) is 5. The van der Waals surface area contributed by atoms with Crippen molar-refractivity contribution in [3.8, 4) is 11.3 Å². The van der Waals surface area contributed by atoms with Gasteiger partial charge in [-0.1, -0.05) is 30.3 Å². The maximum atomic E-state index is 12.9. The number of hydrogen-bond donors (Lipinski definition) is 0. The molecule has 1 saturated heterocycles. The summed E-state index contributed by atoms with van der Waals surface area (Å²) in [5.74, 6) is -0.259. The Bertz CT molecular complexity index is 942. The van der Waals surface area contributed by atoms with Crippen molar-refractivity contribution in [2.75, 3.05) is 11.4 Å². The van der Waals surface area contributed by atoms with Crippen LogP contribution in [0.25, 0.3) is 11.3 Å². The summed E-state index contributed by atoms with van der Waals surface area (Å²) >= 11 is 1.28. The van der Waals surface area contributed by atoms with E-state index in [-0.39, 0.29) is 24.5 Å². The van der Waals surface area contributed by atoms with Gasteiger partial charge < -0.3 is 4.90 Å². The monoisotopic (exact) mass is 364 g/mol. The highest BCUT2D eigenvalue weighted by Gasteiger charge is 2.41. The predicted molar refractivity (Wildman–Crippen MR) is 99.8 cm³/mol. The Morgan fingerprint density at radius 3 is 2.65 bits per heavy atom. The van der Waals surface area contributed by atoms with Gasteiger partial charge in [-0.15, -0.1) is 11.3 Å². The van der Waals surface area contributed by atoms with Crippen LogP contribution in [0.2, 0.25) is 0 Å². The Morgan fingerprint density at radius 1 is 1.12 bits per heavy atom. The molecule has 1 fully saturated rings. The van der Waals surface area contributed by atoms with Gasteiger partial charge in [-0.25, -0.2) is 14.7 Å². The minimum atomic E-state index is -0.335. The summed E-state index contributed by atoms with van der Waals surface area (Å²) < 4.78 is 0. The van der Waals surface area contributed by atoms with Crippen molar-refractivity contribution in [2.45, 2.75) is 13.0 Å². The van der Waals surface area contributed by atoms with Crippen molar-refractivity contribution < 1.29 is 9.59 Å². The first-order chi connectivity index (χ1) is 12.6. The molecular weight excluding hydrogens is 348 g/mol. The lowest BCUT2D eigenvalue weighted by atomic mass is 10.1. The normalized spacial score (nSPS) is 15.6. The first-order valence-electron chi connectivity index (χ1n) is 8.19. The number of imide groups is 1. The van der Waals surface area contributed by atoms with Gasteiger partial charge in [0.2, 0.25) is 5.13 Å². The molecule has 0 radical (unpaired) electrons. The minimum Gasteiger partial charge on any atom is -0.308 e. The largest absolute Gasteiger partial charge is 0.334 e. The Labute approximate surface area is 154 Å². The number of carbonyl (C=O) groups is 2. The lowest BCUT2D eigenvalue weighted by Crippen LogP contribution is -2.34. The van der Waals surface area contributed by atoms with Crippen LogP contribution in [-0.2, 0) is 4.79 Å². The summed E-state index contributed by atoms with van der Waals surface area (Å²) in [4.78, 5) is 36.6. The molecule has 1 aliphatic rings. The number of nitrogens with zero attached hydrogens (tertiary/aromatic N) is 4. The van der Waals surface area contributed by atoms with Gasteiger partial charge in [-0.3, -0.25) is 9.78 Å². The molecule has 0 spiro atoms. The van der Waals surface area contributed by atoms with E-state index in [9.17, 15) is 9.59 Å². The molecular formula is C19H16N4O2S. The van der Waals surface area contributed by atoms with Gasteiger partial charge in [0.1, 0.15) is 6.54 Å². The summed E-state index contributed by atoms with van der Waals surface area (Å²) in [6, 6.07) is 12.9. The molecule has 3 aromatic rings. The molecule has 130 valence electrons. The molecule has 0 saturated carbocycles. The number of carbonyl (C=O) groups excluding carboxylic acids is 2. The van der Waals surface area contributed by atoms with Crippen LogP contribution in [0.4, 0.5) is 9.93 Å². The third-order valence-corrected chi connectivity index (χ3v) is 5.21. The van der Waals surface area contributed by atoms with Crippen LogP contribution in [0, 0.1) is 0 Å². The molecule has 0 bridgehead atoms. The highest BCUT2D eigenvalue weighted by Crippen LogP contribution is 2.32. The third kappa shape index (κ3) is 2.86. The van der Waals surface area contributed by atoms with Gasteiger partial charge in [0.25, 0.3) is 5.91 Å². The zero-order valence-corrected chi connectivity index (χ0v) is 14.9. The van der Waals surface area contributed by atoms with Gasteiger partial charge in [-0.05, 0) is 24.6 Å². The SMILES string of the molecule is C[C@@H](c1ccccc1)N1CC(=O)N(c2nc(-c3cccnc3)cs2)C1=O. The summed E-state index contributed by atoms with van der Waals surface area (Å²) in [5, 5.41) is 2.22. The second kappa shape index (κ2) is 6.68. The zero-order chi connectivity index (χ0) is 18.1. The van der Waals surface area contributed by atoms with Crippen LogP contribution in [0.3, 0.4) is 0 Å². The highest BCUT2D eigenvalue weighted by atomic mass is 32.1. The van der Waals surface area contributed by atoms with Gasteiger partial charge in [0.15, 0.2) is 0 Å². The fourth-order valence-electron chi connectivity index (χ4n) is 2.94. The number of benzene rings is 1. The number of amides is 3. The van der Waals surface area contributed by atoms with Crippen molar-refractivity contribution >= 4 is 28.4 Å². The van der Waals surface area contributed by atoms with E-state index in [0.29, 0.717) is 10.8 Å². The molecule has 0 N–H and O–H groups in total. The Balaban J connectivity index is 1.59. The van der Waals surface area contributed by atoms with Crippen molar-refractivity contribution in [3.05, 3.63) is 65.8 Å². The van der Waals surface area contributed by atoms with Gasteiger partial charge in [-0.2, -0.15) is 0 Å². The number of pyridine rings is 1. The number of anilines is 1. The van der Waals surface area contributed by atoms with Crippen molar-refractivity contribution in [1.29, 1.82) is 0 Å². The van der Waals surface area contributed by atoms with Crippen LogP contribution in [-0.4, -0.2) is 33.4 Å². The summed E-state index contributed by atoms with van der Waals surface area (Å²) in [6.45, 7) is 1.98. The number of rotatable bonds is 4. The second-order valence-corrected chi connectivity index (χ2v) is 6.82. The second-order valence-electron chi connectivity index (χ2n) is 5.98. The van der Waals surface area contributed by atoms with E-state index in [0.717, 1.165) is 11.1 Å². The van der Waals surface area contributed by atoms with Crippen LogP contribution >= 0.6 is 11.3 Å². The molecule has 1 aliphatic heterocycles. The molecule has 0 aliphatic carbocycles. The molecule has 4 rings (SSSR count). The average Bonchev–Trinajstić information content (AvgIpc) is 3.27. The maximum Gasteiger partial charge on any atom is 0.334 e. The molecule has 3 heterocycles. The highest BCUT2D eigenvalue weighted by molar-refractivity contribution is 7.14. The van der Waals surface area contributed by atoms with E-state index in [1.807, 2.05) is 54.8 Å². The van der Waals surface area contributed by atoms with Crippen LogP contribution in [0.15, 0.2) is 60.2 Å². The minimum absolute atomic E-state index is 0.0523. The van der Waals surface area contributed by atoms with E-state index in [4.69, 9.17) is 0 Å². The molecule has 26 heavy (non-hydrogen) atoms. The lowest BCUT2D eigenvalue weighted by Gasteiger charge is -2.23. The van der Waals surface area contributed by atoms with E-state index < -0.39 is 0 Å². The first kappa shape index (κ1) is 16.4. The molecule has 0 unspecified atom stereocenters.